The summed E-state index contributed by atoms with van der Waals surface area (Å²) in [5.74, 6) is -9.03. The number of nitrogens with zero attached hydrogens (tertiary/aromatic N) is 3. The molecule has 1 heterocycles. The highest BCUT2D eigenvalue weighted by Gasteiger charge is 2.33. The summed E-state index contributed by atoms with van der Waals surface area (Å²) in [5, 5.41) is 93.3. The predicted octanol–water partition coefficient (Wildman–Crippen LogP) is -4.50. The molecule has 0 aromatic heterocycles. The van der Waals surface area contributed by atoms with Crippen LogP contribution >= 0.6 is 0 Å². The van der Waals surface area contributed by atoms with Gasteiger partial charge in [0.2, 0.25) is 35.4 Å². The summed E-state index contributed by atoms with van der Waals surface area (Å²) in [6.45, 7) is -0.222. The molecule has 0 bridgehead atoms. The molecule has 9 amide bonds. The molecule has 14 N–H and O–H groups in total. The zero-order chi connectivity index (χ0) is 50.6. The van der Waals surface area contributed by atoms with Crippen LogP contribution in [0.25, 0.3) is 0 Å². The van der Waals surface area contributed by atoms with Crippen molar-refractivity contribution in [1.82, 2.24) is 47.1 Å². The summed E-state index contributed by atoms with van der Waals surface area (Å²) in [5.41, 5.74) is 1.36. The highest BCUT2D eigenvalue weighted by molar-refractivity contribution is 5.97. The Balaban J connectivity index is 3.56. The van der Waals surface area contributed by atoms with E-state index in [0.29, 0.717) is 31.9 Å². The van der Waals surface area contributed by atoms with Gasteiger partial charge in [0.1, 0.15) is 30.2 Å². The SMILES string of the molecule is CC(=CC(=O)N(O)CCCC1NC(=O)CNC(=O)C(CCCN(O)C(=O)C=C(C)CCO)NC(=O)C(CO)NC(=O)C(CCCN(O)C(=O)C=C(C)CCO)NC(=O)C(CO)NC1=O)CCO. The van der Waals surface area contributed by atoms with Crippen LogP contribution in [-0.2, 0) is 43.2 Å². The van der Waals surface area contributed by atoms with E-state index < -0.39 is 110 Å². The molecule has 1 aliphatic heterocycles. The minimum absolute atomic E-state index is 0.147. The third kappa shape index (κ3) is 22.9. The predicted molar refractivity (Wildman–Crippen MR) is 231 cm³/mol. The van der Waals surface area contributed by atoms with Crippen LogP contribution in [0.15, 0.2) is 34.9 Å². The molecule has 5 atom stereocenters. The number of nitrogens with one attached hydrogen (secondary N) is 6. The molecule has 0 spiro atoms. The monoisotopic (exact) mass is 957 g/mol. The van der Waals surface area contributed by atoms with Crippen molar-refractivity contribution in [2.75, 3.05) is 59.2 Å². The highest BCUT2D eigenvalue weighted by Crippen LogP contribution is 2.09. The number of rotatable bonds is 23. The standard InChI is InChI=1S/C41H67N9O17/c1-25(10-16-51)19-34(57)48(65)13-4-7-28-37(60)42-22-33(56)43-29(8-5-14-49(66)35(58)20-26(2)11-17-52)38(61)46-32(24-55)41(64)45-30(39(62)47-31(23-54)40(63)44-28)9-6-15-50(67)36(59)21-27(3)12-18-53/h19-21,28-32,51-55,65-67H,4-18,22-24H2,1-3H3,(H,42,60)(H,43,56)(H,44,63)(H,45,64)(H,46,61)(H,47,62). The van der Waals surface area contributed by atoms with Crippen molar-refractivity contribution in [2.45, 2.75) is 109 Å². The summed E-state index contributed by atoms with van der Waals surface area (Å²) >= 11 is 0. The van der Waals surface area contributed by atoms with Gasteiger partial charge in [-0.3, -0.25) is 58.8 Å². The van der Waals surface area contributed by atoms with Crippen LogP contribution in [-0.4, -0.2) is 199 Å². The number of hydroxylamine groups is 6. The van der Waals surface area contributed by atoms with Gasteiger partial charge >= 0.3 is 0 Å². The third-order valence-corrected chi connectivity index (χ3v) is 9.95. The molecule has 0 radical (unpaired) electrons. The Morgan fingerprint density at radius 2 is 0.761 bits per heavy atom. The van der Waals surface area contributed by atoms with Crippen LogP contribution in [0.5, 0.6) is 0 Å². The first kappa shape index (κ1) is 59.1. The number of aliphatic hydroxyl groups is 5. The smallest absolute Gasteiger partial charge is 0.269 e. The molecule has 378 valence electrons. The molecule has 0 aromatic rings. The van der Waals surface area contributed by atoms with Gasteiger partial charge in [-0.15, -0.1) is 0 Å². The van der Waals surface area contributed by atoms with Gasteiger partial charge in [0.15, 0.2) is 0 Å². The molecular weight excluding hydrogens is 890 g/mol. The van der Waals surface area contributed by atoms with Crippen LogP contribution < -0.4 is 31.9 Å². The van der Waals surface area contributed by atoms with Crippen LogP contribution in [0.3, 0.4) is 0 Å². The topological polar surface area (TPSA) is 397 Å². The lowest BCUT2D eigenvalue weighted by molar-refractivity contribution is -0.160. The van der Waals surface area contributed by atoms with Gasteiger partial charge in [0, 0.05) is 57.7 Å². The van der Waals surface area contributed by atoms with Gasteiger partial charge in [-0.05, 0) is 78.6 Å². The molecule has 67 heavy (non-hydrogen) atoms. The van der Waals surface area contributed by atoms with Gasteiger partial charge in [0.25, 0.3) is 17.7 Å². The zero-order valence-corrected chi connectivity index (χ0v) is 37.9. The average molecular weight is 958 g/mol. The first-order valence-electron chi connectivity index (χ1n) is 21.6. The largest absolute Gasteiger partial charge is 0.396 e. The number of hydrogen-bond acceptors (Lipinski definition) is 17. The molecule has 0 saturated carbocycles. The lowest BCUT2D eigenvalue weighted by Gasteiger charge is -2.27. The van der Waals surface area contributed by atoms with Gasteiger partial charge in [-0.2, -0.15) is 0 Å². The summed E-state index contributed by atoms with van der Waals surface area (Å²) in [6, 6.07) is -8.33. The first-order chi connectivity index (χ1) is 31.7. The summed E-state index contributed by atoms with van der Waals surface area (Å²) in [7, 11) is 0. The maximum Gasteiger partial charge on any atom is 0.269 e. The first-order valence-corrected chi connectivity index (χ1v) is 21.6. The summed E-state index contributed by atoms with van der Waals surface area (Å²) < 4.78 is 0. The van der Waals surface area contributed by atoms with E-state index in [-0.39, 0.29) is 90.7 Å². The van der Waals surface area contributed by atoms with Gasteiger partial charge < -0.3 is 57.4 Å². The number of aliphatic hydroxyl groups excluding tert-OH is 5. The van der Waals surface area contributed by atoms with E-state index in [9.17, 15) is 69.0 Å². The van der Waals surface area contributed by atoms with E-state index in [0.717, 1.165) is 18.2 Å². The molecule has 26 heteroatoms. The van der Waals surface area contributed by atoms with E-state index in [1.807, 2.05) is 0 Å². The number of carbonyl (C=O) groups is 9. The quantitative estimate of drug-likeness (QED) is 0.0261. The number of carbonyl (C=O) groups excluding carboxylic acids is 9. The molecular formula is C41H67N9O17. The molecule has 5 unspecified atom stereocenters. The fraction of sp³-hybridized carbons (Fsp3) is 0.634. The van der Waals surface area contributed by atoms with E-state index in [1.54, 1.807) is 20.8 Å². The third-order valence-electron chi connectivity index (χ3n) is 9.95. The van der Waals surface area contributed by atoms with E-state index in [1.165, 1.54) is 0 Å². The molecule has 1 rings (SSSR count). The summed E-state index contributed by atoms with van der Waals surface area (Å²) in [6.07, 6.45) is 2.21. The summed E-state index contributed by atoms with van der Waals surface area (Å²) in [4.78, 5) is 118. The Morgan fingerprint density at radius 3 is 1.07 bits per heavy atom. The fourth-order valence-electron chi connectivity index (χ4n) is 6.09. The van der Waals surface area contributed by atoms with E-state index in [4.69, 9.17) is 15.3 Å². The highest BCUT2D eigenvalue weighted by atomic mass is 16.5. The molecule has 0 aromatic carbocycles. The van der Waals surface area contributed by atoms with E-state index >= 15 is 0 Å². The van der Waals surface area contributed by atoms with Crippen molar-refractivity contribution in [1.29, 1.82) is 0 Å². The van der Waals surface area contributed by atoms with Crippen molar-refractivity contribution in [3.63, 3.8) is 0 Å². The minimum Gasteiger partial charge on any atom is -0.396 e. The minimum atomic E-state index is -1.80. The molecule has 1 saturated heterocycles. The van der Waals surface area contributed by atoms with Crippen molar-refractivity contribution in [3.8, 4) is 0 Å². The van der Waals surface area contributed by atoms with Crippen molar-refractivity contribution < 1.29 is 84.3 Å². The Labute approximate surface area is 387 Å². The Morgan fingerprint density at radius 1 is 0.478 bits per heavy atom. The Hall–Kier alpha value is -5.87. The molecule has 0 aliphatic carbocycles. The van der Waals surface area contributed by atoms with Crippen molar-refractivity contribution >= 4 is 53.2 Å². The molecule has 26 nitrogen and oxygen atoms in total. The van der Waals surface area contributed by atoms with Crippen LogP contribution in [0.4, 0.5) is 0 Å². The second kappa shape index (κ2) is 31.9. The molecule has 1 aliphatic rings. The lowest BCUT2D eigenvalue weighted by Crippen LogP contribution is -2.61. The Kier molecular flexibility index (Phi) is 28.2. The van der Waals surface area contributed by atoms with Gasteiger partial charge in [-0.25, -0.2) is 15.2 Å². The van der Waals surface area contributed by atoms with Gasteiger partial charge in [0.05, 0.1) is 19.8 Å². The van der Waals surface area contributed by atoms with Crippen molar-refractivity contribution in [2.24, 2.45) is 0 Å². The zero-order valence-electron chi connectivity index (χ0n) is 37.9. The fourth-order valence-corrected chi connectivity index (χ4v) is 6.09. The van der Waals surface area contributed by atoms with Crippen LogP contribution in [0.2, 0.25) is 0 Å². The van der Waals surface area contributed by atoms with E-state index in [2.05, 4.69) is 31.9 Å². The van der Waals surface area contributed by atoms with Gasteiger partial charge in [-0.1, -0.05) is 16.7 Å². The maximum atomic E-state index is 13.7. The molecule has 1 fully saturated rings. The normalized spacial score (nSPS) is 20.8. The Bertz CT molecular complexity index is 1750. The lowest BCUT2D eigenvalue weighted by atomic mass is 10.1. The van der Waals surface area contributed by atoms with Crippen LogP contribution in [0.1, 0.15) is 78.6 Å². The van der Waals surface area contributed by atoms with Crippen molar-refractivity contribution in [3.05, 3.63) is 34.9 Å². The number of amides is 9. The van der Waals surface area contributed by atoms with Crippen LogP contribution in [0, 0.1) is 0 Å². The number of hydrogen-bond donors (Lipinski definition) is 14. The second-order valence-electron chi connectivity index (χ2n) is 15.7. The second-order valence-corrected chi connectivity index (χ2v) is 15.7. The maximum absolute atomic E-state index is 13.7. The average Bonchev–Trinajstić information content (AvgIpc) is 3.27.